The molecule has 0 aliphatic rings. The van der Waals surface area contributed by atoms with E-state index in [-0.39, 0.29) is 18.1 Å². The van der Waals surface area contributed by atoms with Crippen LogP contribution in [0.2, 0.25) is 0 Å². The standard InChI is InChI=1S/C12H13F2NO3S/c1-7(4-12(17)18)15-11(16)6-19-8-2-3-9(13)10(14)5-8/h2-3,5,7H,4,6H2,1H3,(H,15,16)(H,17,18). The van der Waals surface area contributed by atoms with Crippen molar-refractivity contribution in [2.45, 2.75) is 24.3 Å². The number of carboxylic acid groups (broad SMARTS) is 1. The van der Waals surface area contributed by atoms with E-state index in [9.17, 15) is 18.4 Å². The molecule has 0 aliphatic heterocycles. The predicted octanol–water partition coefficient (Wildman–Crippen LogP) is 2.04. The Labute approximate surface area is 113 Å². The summed E-state index contributed by atoms with van der Waals surface area (Å²) in [7, 11) is 0. The first-order chi connectivity index (χ1) is 8.88. The van der Waals surface area contributed by atoms with Crippen LogP contribution in [-0.4, -0.2) is 28.8 Å². The lowest BCUT2D eigenvalue weighted by atomic mass is 10.2. The molecule has 0 heterocycles. The lowest BCUT2D eigenvalue weighted by molar-refractivity contribution is -0.137. The molecule has 1 rings (SSSR count). The Morgan fingerprint density at radius 3 is 2.63 bits per heavy atom. The highest BCUT2D eigenvalue weighted by molar-refractivity contribution is 8.00. The molecule has 0 aromatic heterocycles. The van der Waals surface area contributed by atoms with E-state index in [0.717, 1.165) is 23.9 Å². The molecule has 0 radical (unpaired) electrons. The van der Waals surface area contributed by atoms with Crippen molar-refractivity contribution in [2.75, 3.05) is 5.75 Å². The SMILES string of the molecule is CC(CC(=O)O)NC(=O)CSc1ccc(F)c(F)c1. The highest BCUT2D eigenvalue weighted by atomic mass is 32.2. The minimum atomic E-state index is -0.999. The quantitative estimate of drug-likeness (QED) is 0.786. The van der Waals surface area contributed by atoms with Gasteiger partial charge in [-0.05, 0) is 25.1 Å². The summed E-state index contributed by atoms with van der Waals surface area (Å²) < 4.78 is 25.6. The highest BCUT2D eigenvalue weighted by Crippen LogP contribution is 2.20. The van der Waals surface area contributed by atoms with Crippen LogP contribution in [0.25, 0.3) is 0 Å². The van der Waals surface area contributed by atoms with Gasteiger partial charge in [-0.2, -0.15) is 0 Å². The van der Waals surface area contributed by atoms with Crippen LogP contribution in [0.4, 0.5) is 8.78 Å². The molecule has 0 aliphatic carbocycles. The summed E-state index contributed by atoms with van der Waals surface area (Å²) in [6.07, 6.45) is -0.165. The van der Waals surface area contributed by atoms with Gasteiger partial charge in [-0.15, -0.1) is 11.8 Å². The molecule has 1 aromatic carbocycles. The summed E-state index contributed by atoms with van der Waals surface area (Å²) in [5.41, 5.74) is 0. The molecular weight excluding hydrogens is 276 g/mol. The third-order valence-corrected chi connectivity index (χ3v) is 3.14. The summed E-state index contributed by atoms with van der Waals surface area (Å²) in [5.74, 6) is -3.26. The fraction of sp³-hybridized carbons (Fsp3) is 0.333. The molecule has 1 aromatic rings. The molecule has 4 nitrogen and oxygen atoms in total. The zero-order valence-electron chi connectivity index (χ0n) is 10.2. The molecule has 1 amide bonds. The zero-order chi connectivity index (χ0) is 14.4. The van der Waals surface area contributed by atoms with Crippen LogP contribution in [0.5, 0.6) is 0 Å². The summed E-state index contributed by atoms with van der Waals surface area (Å²) >= 11 is 1.05. The van der Waals surface area contributed by atoms with E-state index in [1.807, 2.05) is 0 Å². The first-order valence-corrected chi connectivity index (χ1v) is 6.46. The Hall–Kier alpha value is -1.63. The van der Waals surface area contributed by atoms with Gasteiger partial charge in [0.2, 0.25) is 5.91 Å². The molecular formula is C12H13F2NO3S. The highest BCUT2D eigenvalue weighted by Gasteiger charge is 2.11. The Morgan fingerprint density at radius 2 is 2.05 bits per heavy atom. The zero-order valence-corrected chi connectivity index (χ0v) is 11.0. The molecule has 0 fully saturated rings. The molecule has 104 valence electrons. The third kappa shape index (κ3) is 5.69. The summed E-state index contributed by atoms with van der Waals surface area (Å²) in [6, 6.07) is 2.89. The number of amides is 1. The first kappa shape index (κ1) is 15.4. The smallest absolute Gasteiger partial charge is 0.305 e. The molecule has 19 heavy (non-hydrogen) atoms. The van der Waals surface area contributed by atoms with Crippen molar-refractivity contribution in [3.63, 3.8) is 0 Å². The number of nitrogens with one attached hydrogen (secondary N) is 1. The number of halogens is 2. The van der Waals surface area contributed by atoms with Crippen molar-refractivity contribution >= 4 is 23.6 Å². The van der Waals surface area contributed by atoms with Gasteiger partial charge in [0, 0.05) is 10.9 Å². The predicted molar refractivity (Wildman–Crippen MR) is 66.9 cm³/mol. The van der Waals surface area contributed by atoms with Gasteiger partial charge in [-0.3, -0.25) is 9.59 Å². The Kier molecular flexibility index (Phi) is 5.75. The molecule has 2 N–H and O–H groups in total. The molecule has 7 heteroatoms. The summed E-state index contributed by atoms with van der Waals surface area (Å²) in [5, 5.41) is 11.0. The Morgan fingerprint density at radius 1 is 1.37 bits per heavy atom. The number of thioether (sulfide) groups is 1. The normalized spacial score (nSPS) is 11.9. The second-order valence-electron chi connectivity index (χ2n) is 3.93. The molecule has 1 atom stereocenters. The van der Waals surface area contributed by atoms with Crippen LogP contribution in [0.15, 0.2) is 23.1 Å². The van der Waals surface area contributed by atoms with Gasteiger partial charge in [0.15, 0.2) is 11.6 Å². The van der Waals surface area contributed by atoms with E-state index in [1.54, 1.807) is 6.92 Å². The maximum absolute atomic E-state index is 12.9. The van der Waals surface area contributed by atoms with Crippen molar-refractivity contribution in [3.8, 4) is 0 Å². The number of hydrogen-bond donors (Lipinski definition) is 2. The van der Waals surface area contributed by atoms with Crippen molar-refractivity contribution < 1.29 is 23.5 Å². The van der Waals surface area contributed by atoms with Crippen LogP contribution < -0.4 is 5.32 Å². The van der Waals surface area contributed by atoms with Gasteiger partial charge in [-0.25, -0.2) is 8.78 Å². The van der Waals surface area contributed by atoms with Crippen molar-refractivity contribution in [1.29, 1.82) is 0 Å². The van der Waals surface area contributed by atoms with E-state index < -0.39 is 23.6 Å². The number of carboxylic acids is 1. The lowest BCUT2D eigenvalue weighted by Crippen LogP contribution is -2.35. The number of carbonyl (C=O) groups excluding carboxylic acids is 1. The van der Waals surface area contributed by atoms with Gasteiger partial charge >= 0.3 is 5.97 Å². The van der Waals surface area contributed by atoms with Gasteiger partial charge in [-0.1, -0.05) is 0 Å². The van der Waals surface area contributed by atoms with Gasteiger partial charge in [0.05, 0.1) is 12.2 Å². The summed E-state index contributed by atoms with van der Waals surface area (Å²) in [6.45, 7) is 1.58. The largest absolute Gasteiger partial charge is 0.481 e. The van der Waals surface area contributed by atoms with Crippen LogP contribution in [0.3, 0.4) is 0 Å². The Balaban J connectivity index is 2.41. The molecule has 1 unspecified atom stereocenters. The lowest BCUT2D eigenvalue weighted by Gasteiger charge is -2.11. The average Bonchev–Trinajstić information content (AvgIpc) is 2.29. The first-order valence-electron chi connectivity index (χ1n) is 5.47. The number of carbonyl (C=O) groups is 2. The van der Waals surface area contributed by atoms with Crippen molar-refractivity contribution in [2.24, 2.45) is 0 Å². The minimum absolute atomic E-state index is 0.00896. The van der Waals surface area contributed by atoms with E-state index in [1.165, 1.54) is 6.07 Å². The average molecular weight is 289 g/mol. The van der Waals surface area contributed by atoms with Crippen LogP contribution in [0, 0.1) is 11.6 Å². The number of benzene rings is 1. The number of rotatable bonds is 6. The van der Waals surface area contributed by atoms with Crippen molar-refractivity contribution in [1.82, 2.24) is 5.32 Å². The monoisotopic (exact) mass is 289 g/mol. The van der Waals surface area contributed by atoms with E-state index in [0.29, 0.717) is 4.90 Å². The fourth-order valence-electron chi connectivity index (χ4n) is 1.34. The van der Waals surface area contributed by atoms with E-state index in [2.05, 4.69) is 5.32 Å². The van der Waals surface area contributed by atoms with Crippen LogP contribution >= 0.6 is 11.8 Å². The maximum atomic E-state index is 12.9. The van der Waals surface area contributed by atoms with E-state index in [4.69, 9.17) is 5.11 Å². The topological polar surface area (TPSA) is 66.4 Å². The van der Waals surface area contributed by atoms with Gasteiger partial charge < -0.3 is 10.4 Å². The molecule has 0 bridgehead atoms. The van der Waals surface area contributed by atoms with Crippen molar-refractivity contribution in [3.05, 3.63) is 29.8 Å². The van der Waals surface area contributed by atoms with Crippen LogP contribution in [0.1, 0.15) is 13.3 Å². The van der Waals surface area contributed by atoms with Gasteiger partial charge in [0.1, 0.15) is 0 Å². The number of aliphatic carboxylic acids is 1. The molecule has 0 saturated heterocycles. The maximum Gasteiger partial charge on any atom is 0.305 e. The third-order valence-electron chi connectivity index (χ3n) is 2.15. The van der Waals surface area contributed by atoms with Gasteiger partial charge in [0.25, 0.3) is 0 Å². The molecule has 0 saturated carbocycles. The fourth-order valence-corrected chi connectivity index (χ4v) is 2.08. The summed E-state index contributed by atoms with van der Waals surface area (Å²) in [4.78, 5) is 22.3. The Bertz CT molecular complexity index is 482. The van der Waals surface area contributed by atoms with E-state index >= 15 is 0 Å². The second kappa shape index (κ2) is 7.08. The van der Waals surface area contributed by atoms with Crippen LogP contribution in [-0.2, 0) is 9.59 Å². The second-order valence-corrected chi connectivity index (χ2v) is 4.98. The molecule has 0 spiro atoms. The minimum Gasteiger partial charge on any atom is -0.481 e. The number of hydrogen-bond acceptors (Lipinski definition) is 3.